The number of rotatable bonds is 3. The summed E-state index contributed by atoms with van der Waals surface area (Å²) in [6.07, 6.45) is 14.4. The van der Waals surface area contributed by atoms with Gasteiger partial charge in [-0.3, -0.25) is 4.79 Å². The minimum Gasteiger partial charge on any atom is -0.349 e. The number of carbonyl (C=O) groups excluding carboxylic acids is 1. The second-order valence-corrected chi connectivity index (χ2v) is 7.61. The predicted molar refractivity (Wildman–Crippen MR) is 87.0 cm³/mol. The van der Waals surface area contributed by atoms with Gasteiger partial charge in [-0.05, 0) is 31.7 Å². The lowest BCUT2D eigenvalue weighted by atomic mass is 10.1. The van der Waals surface area contributed by atoms with Crippen molar-refractivity contribution in [2.24, 2.45) is 0 Å². The van der Waals surface area contributed by atoms with Crippen molar-refractivity contribution < 1.29 is 4.79 Å². The van der Waals surface area contributed by atoms with E-state index >= 15 is 0 Å². The molecule has 21 heavy (non-hydrogen) atoms. The Bertz CT molecular complexity index is 613. The second-order valence-electron chi connectivity index (χ2n) is 6.53. The first-order valence-electron chi connectivity index (χ1n) is 8.21. The van der Waals surface area contributed by atoms with Crippen LogP contribution in [0.2, 0.25) is 0 Å². The second kappa shape index (κ2) is 5.48. The van der Waals surface area contributed by atoms with E-state index in [1.165, 1.54) is 48.6 Å². The SMILES string of the molecule is O=C(NC1CCCCCC1)c1cc2cn(C3CC3)cc2s1. The van der Waals surface area contributed by atoms with Crippen LogP contribution in [0.3, 0.4) is 0 Å². The van der Waals surface area contributed by atoms with Gasteiger partial charge in [-0.2, -0.15) is 0 Å². The Morgan fingerprint density at radius 1 is 1.10 bits per heavy atom. The lowest BCUT2D eigenvalue weighted by molar-refractivity contribution is 0.0937. The van der Waals surface area contributed by atoms with Crippen LogP contribution >= 0.6 is 11.3 Å². The standard InChI is InChI=1S/C17H22N2OS/c20-17(18-13-5-3-1-2-4-6-13)15-9-12-10-19(14-7-8-14)11-16(12)21-15/h9-11,13-14H,1-8H2,(H,18,20). The third-order valence-electron chi connectivity index (χ3n) is 4.73. The van der Waals surface area contributed by atoms with E-state index in [0.717, 1.165) is 17.7 Å². The maximum Gasteiger partial charge on any atom is 0.261 e. The molecule has 0 unspecified atom stereocenters. The largest absolute Gasteiger partial charge is 0.349 e. The molecule has 0 atom stereocenters. The number of fused-ring (bicyclic) bond motifs is 1. The number of hydrogen-bond donors (Lipinski definition) is 1. The summed E-state index contributed by atoms with van der Waals surface area (Å²) in [5.74, 6) is 0.126. The van der Waals surface area contributed by atoms with Crippen LogP contribution < -0.4 is 5.32 Å². The lowest BCUT2D eigenvalue weighted by Crippen LogP contribution is -2.33. The van der Waals surface area contributed by atoms with Crippen LogP contribution in [-0.2, 0) is 0 Å². The first kappa shape index (κ1) is 13.4. The van der Waals surface area contributed by atoms with E-state index in [2.05, 4.69) is 28.3 Å². The van der Waals surface area contributed by atoms with E-state index in [-0.39, 0.29) is 5.91 Å². The topological polar surface area (TPSA) is 34.0 Å². The summed E-state index contributed by atoms with van der Waals surface area (Å²) < 4.78 is 3.56. The summed E-state index contributed by atoms with van der Waals surface area (Å²) in [5.41, 5.74) is 0. The summed E-state index contributed by atoms with van der Waals surface area (Å²) >= 11 is 1.63. The smallest absolute Gasteiger partial charge is 0.261 e. The third kappa shape index (κ3) is 2.86. The maximum absolute atomic E-state index is 12.4. The van der Waals surface area contributed by atoms with Crippen molar-refractivity contribution in [3.63, 3.8) is 0 Å². The van der Waals surface area contributed by atoms with Crippen LogP contribution in [0, 0.1) is 0 Å². The van der Waals surface area contributed by atoms with E-state index in [1.54, 1.807) is 11.3 Å². The summed E-state index contributed by atoms with van der Waals surface area (Å²) in [6, 6.07) is 3.16. The Balaban J connectivity index is 1.46. The van der Waals surface area contributed by atoms with Gasteiger partial charge in [-0.15, -0.1) is 11.3 Å². The van der Waals surface area contributed by atoms with Gasteiger partial charge < -0.3 is 9.88 Å². The molecule has 2 aromatic rings. The molecular weight excluding hydrogens is 280 g/mol. The molecule has 4 rings (SSSR count). The number of nitrogens with one attached hydrogen (secondary N) is 1. The molecule has 0 aromatic carbocycles. The molecular formula is C17H22N2OS. The number of amides is 1. The number of carbonyl (C=O) groups is 1. The van der Waals surface area contributed by atoms with Crippen molar-refractivity contribution in [3.05, 3.63) is 23.3 Å². The van der Waals surface area contributed by atoms with Crippen molar-refractivity contribution in [1.29, 1.82) is 0 Å². The first-order valence-corrected chi connectivity index (χ1v) is 9.03. The predicted octanol–water partition coefficient (Wildman–Crippen LogP) is 4.49. The number of thiophene rings is 1. The van der Waals surface area contributed by atoms with E-state index in [4.69, 9.17) is 0 Å². The van der Waals surface area contributed by atoms with Gasteiger partial charge in [0.15, 0.2) is 0 Å². The van der Waals surface area contributed by atoms with Gasteiger partial charge in [-0.25, -0.2) is 0 Å². The van der Waals surface area contributed by atoms with Gasteiger partial charge in [0, 0.05) is 29.9 Å². The van der Waals surface area contributed by atoms with Crippen LogP contribution in [0.25, 0.3) is 10.1 Å². The molecule has 0 bridgehead atoms. The number of hydrogen-bond acceptors (Lipinski definition) is 2. The van der Waals surface area contributed by atoms with Crippen LogP contribution in [0.1, 0.15) is 67.1 Å². The number of nitrogens with zero attached hydrogens (tertiary/aromatic N) is 1. The van der Waals surface area contributed by atoms with Crippen molar-refractivity contribution in [3.8, 4) is 0 Å². The van der Waals surface area contributed by atoms with Crippen LogP contribution in [0.15, 0.2) is 18.5 Å². The fourth-order valence-corrected chi connectivity index (χ4v) is 4.31. The quantitative estimate of drug-likeness (QED) is 0.833. The molecule has 2 fully saturated rings. The molecule has 2 aromatic heterocycles. The first-order chi connectivity index (χ1) is 10.3. The highest BCUT2D eigenvalue weighted by Crippen LogP contribution is 2.38. The third-order valence-corrected chi connectivity index (χ3v) is 5.81. The van der Waals surface area contributed by atoms with Gasteiger partial charge in [-0.1, -0.05) is 25.7 Å². The zero-order valence-electron chi connectivity index (χ0n) is 12.3. The van der Waals surface area contributed by atoms with E-state index in [1.807, 2.05) is 0 Å². The minimum atomic E-state index is 0.126. The fourth-order valence-electron chi connectivity index (χ4n) is 3.33. The van der Waals surface area contributed by atoms with E-state index in [9.17, 15) is 4.79 Å². The van der Waals surface area contributed by atoms with Crippen molar-refractivity contribution in [2.75, 3.05) is 0 Å². The summed E-state index contributed by atoms with van der Waals surface area (Å²) in [6.45, 7) is 0. The van der Waals surface area contributed by atoms with Gasteiger partial charge in [0.2, 0.25) is 0 Å². The highest BCUT2D eigenvalue weighted by Gasteiger charge is 2.24. The molecule has 1 amide bonds. The molecule has 0 aliphatic heterocycles. The van der Waals surface area contributed by atoms with Crippen LogP contribution in [0.5, 0.6) is 0 Å². The van der Waals surface area contributed by atoms with Gasteiger partial charge in [0.1, 0.15) is 0 Å². The summed E-state index contributed by atoms with van der Waals surface area (Å²) in [7, 11) is 0. The summed E-state index contributed by atoms with van der Waals surface area (Å²) in [5, 5.41) is 4.46. The van der Waals surface area contributed by atoms with Crippen molar-refractivity contribution in [1.82, 2.24) is 9.88 Å². The molecule has 1 N–H and O–H groups in total. The van der Waals surface area contributed by atoms with E-state index in [0.29, 0.717) is 12.1 Å². The molecule has 2 saturated carbocycles. The Morgan fingerprint density at radius 3 is 2.52 bits per heavy atom. The normalized spacial score (nSPS) is 20.6. The highest BCUT2D eigenvalue weighted by atomic mass is 32.1. The van der Waals surface area contributed by atoms with Gasteiger partial charge in [0.05, 0.1) is 9.58 Å². The van der Waals surface area contributed by atoms with Gasteiger partial charge >= 0.3 is 0 Å². The Morgan fingerprint density at radius 2 is 1.86 bits per heavy atom. The molecule has 0 radical (unpaired) electrons. The Kier molecular flexibility index (Phi) is 3.49. The monoisotopic (exact) mass is 302 g/mol. The zero-order chi connectivity index (χ0) is 14.2. The average molecular weight is 302 g/mol. The highest BCUT2D eigenvalue weighted by molar-refractivity contribution is 7.20. The Hall–Kier alpha value is -1.29. The maximum atomic E-state index is 12.4. The van der Waals surface area contributed by atoms with E-state index < -0.39 is 0 Å². The summed E-state index contributed by atoms with van der Waals surface area (Å²) in [4.78, 5) is 13.3. The van der Waals surface area contributed by atoms with Crippen molar-refractivity contribution >= 4 is 27.3 Å². The lowest BCUT2D eigenvalue weighted by Gasteiger charge is -2.15. The molecule has 0 spiro atoms. The molecule has 3 nitrogen and oxygen atoms in total. The minimum absolute atomic E-state index is 0.126. The number of aromatic nitrogens is 1. The molecule has 4 heteroatoms. The van der Waals surface area contributed by atoms with Gasteiger partial charge in [0.25, 0.3) is 5.91 Å². The van der Waals surface area contributed by atoms with Crippen LogP contribution in [0.4, 0.5) is 0 Å². The molecule has 2 heterocycles. The average Bonchev–Trinajstić information content (AvgIpc) is 3.18. The molecule has 112 valence electrons. The van der Waals surface area contributed by atoms with Crippen LogP contribution in [-0.4, -0.2) is 16.5 Å². The molecule has 2 aliphatic rings. The van der Waals surface area contributed by atoms with Crippen molar-refractivity contribution in [2.45, 2.75) is 63.5 Å². The Labute approximate surface area is 129 Å². The zero-order valence-corrected chi connectivity index (χ0v) is 13.1. The molecule has 2 aliphatic carbocycles. The fraction of sp³-hybridized carbons (Fsp3) is 0.588. The molecule has 0 saturated heterocycles.